The molecular weight excluding hydrogens is 368 g/mol. The highest BCUT2D eigenvalue weighted by Gasteiger charge is 2.22. The highest BCUT2D eigenvalue weighted by molar-refractivity contribution is 5.95. The first-order valence-corrected chi connectivity index (χ1v) is 11.8. The number of nitrogens with zero attached hydrogens (tertiary/aromatic N) is 2. The van der Waals surface area contributed by atoms with Crippen LogP contribution in [-0.2, 0) is 13.0 Å². The summed E-state index contributed by atoms with van der Waals surface area (Å²) >= 11 is 0. The van der Waals surface area contributed by atoms with E-state index in [4.69, 9.17) is 9.73 Å². The van der Waals surface area contributed by atoms with Crippen LogP contribution in [0.15, 0.2) is 47.5 Å². The van der Waals surface area contributed by atoms with Crippen molar-refractivity contribution in [2.45, 2.75) is 65.3 Å². The molecule has 3 nitrogen and oxygen atoms in total. The van der Waals surface area contributed by atoms with E-state index in [0.717, 1.165) is 56.3 Å². The van der Waals surface area contributed by atoms with Crippen molar-refractivity contribution in [1.82, 2.24) is 4.90 Å². The van der Waals surface area contributed by atoms with Crippen LogP contribution in [0.1, 0.15) is 62.1 Å². The lowest BCUT2D eigenvalue weighted by atomic mass is 10.1. The number of hydrogen-bond donors (Lipinski definition) is 0. The second-order valence-corrected chi connectivity index (χ2v) is 9.15. The molecule has 1 fully saturated rings. The van der Waals surface area contributed by atoms with Crippen molar-refractivity contribution in [2.24, 2.45) is 10.9 Å². The zero-order valence-electron chi connectivity index (χ0n) is 18.7. The lowest BCUT2D eigenvalue weighted by Gasteiger charge is -2.25. The van der Waals surface area contributed by atoms with Crippen LogP contribution in [0.3, 0.4) is 0 Å². The van der Waals surface area contributed by atoms with Crippen molar-refractivity contribution in [3.8, 4) is 5.75 Å². The van der Waals surface area contributed by atoms with Crippen LogP contribution >= 0.6 is 0 Å². The Morgan fingerprint density at radius 3 is 2.60 bits per heavy atom. The summed E-state index contributed by atoms with van der Waals surface area (Å²) in [6, 6.07) is 15.4. The molecule has 160 valence electrons. The summed E-state index contributed by atoms with van der Waals surface area (Å²) in [5.74, 6) is 1.83. The van der Waals surface area contributed by atoms with Crippen LogP contribution in [0.5, 0.6) is 5.75 Å². The standard InChI is InChI=1S/C27H36N2O/c1-3-4-15-30-26-13-14-27-24(17-26)16-25(28-27)20-29(18-22-7-5-6-8-22)19-23-11-9-21(2)10-12-23/h9-14,17,22H,3-8,15-16,18-20H2,1-2H3. The predicted octanol–water partition coefficient (Wildman–Crippen LogP) is 6.49. The fraction of sp³-hybridized carbons (Fsp3) is 0.519. The highest BCUT2D eigenvalue weighted by Crippen LogP contribution is 2.31. The van der Waals surface area contributed by atoms with Crippen molar-refractivity contribution >= 4 is 11.4 Å². The zero-order chi connectivity index (χ0) is 20.8. The molecular formula is C27H36N2O. The summed E-state index contributed by atoms with van der Waals surface area (Å²) in [7, 11) is 0. The van der Waals surface area contributed by atoms with Crippen LogP contribution in [-0.4, -0.2) is 30.3 Å². The molecule has 3 heteroatoms. The molecule has 0 N–H and O–H groups in total. The normalized spacial score (nSPS) is 16.2. The Bertz CT molecular complexity index is 850. The van der Waals surface area contributed by atoms with Crippen molar-refractivity contribution in [3.63, 3.8) is 0 Å². The number of fused-ring (bicyclic) bond motifs is 1. The van der Waals surface area contributed by atoms with Crippen molar-refractivity contribution in [2.75, 3.05) is 19.7 Å². The van der Waals surface area contributed by atoms with E-state index in [0.29, 0.717) is 0 Å². The van der Waals surface area contributed by atoms with E-state index in [-0.39, 0.29) is 0 Å². The number of ether oxygens (including phenoxy) is 1. The summed E-state index contributed by atoms with van der Waals surface area (Å²) in [5.41, 5.74) is 6.47. The Kier molecular flexibility index (Phi) is 7.22. The largest absolute Gasteiger partial charge is 0.494 e. The first-order chi connectivity index (χ1) is 14.7. The van der Waals surface area contributed by atoms with E-state index in [9.17, 15) is 0 Å². The summed E-state index contributed by atoms with van der Waals surface area (Å²) < 4.78 is 5.90. The van der Waals surface area contributed by atoms with Crippen molar-refractivity contribution < 1.29 is 4.74 Å². The molecule has 2 aromatic rings. The molecule has 0 spiro atoms. The van der Waals surface area contributed by atoms with Crippen molar-refractivity contribution in [1.29, 1.82) is 0 Å². The maximum absolute atomic E-state index is 5.90. The zero-order valence-corrected chi connectivity index (χ0v) is 18.7. The molecule has 0 amide bonds. The number of benzene rings is 2. The van der Waals surface area contributed by atoms with Gasteiger partial charge in [0.25, 0.3) is 0 Å². The van der Waals surface area contributed by atoms with Crippen LogP contribution in [0.4, 0.5) is 5.69 Å². The number of rotatable bonds is 10. The van der Waals surface area contributed by atoms with E-state index < -0.39 is 0 Å². The molecule has 0 radical (unpaired) electrons. The third-order valence-electron chi connectivity index (χ3n) is 6.41. The van der Waals surface area contributed by atoms with Gasteiger partial charge in [0.15, 0.2) is 0 Å². The van der Waals surface area contributed by atoms with E-state index in [1.54, 1.807) is 0 Å². The van der Waals surface area contributed by atoms with Gasteiger partial charge in [-0.1, -0.05) is 56.0 Å². The third-order valence-corrected chi connectivity index (χ3v) is 6.41. The summed E-state index contributed by atoms with van der Waals surface area (Å²) in [5, 5.41) is 0. The smallest absolute Gasteiger partial charge is 0.119 e. The maximum Gasteiger partial charge on any atom is 0.119 e. The highest BCUT2D eigenvalue weighted by atomic mass is 16.5. The van der Waals surface area contributed by atoms with E-state index in [1.165, 1.54) is 54.6 Å². The fourth-order valence-corrected chi connectivity index (χ4v) is 4.71. The molecule has 2 aromatic carbocycles. The van der Waals surface area contributed by atoms with Crippen LogP contribution in [0.2, 0.25) is 0 Å². The van der Waals surface area contributed by atoms with Gasteiger partial charge >= 0.3 is 0 Å². The Balaban J connectivity index is 1.40. The molecule has 30 heavy (non-hydrogen) atoms. The lowest BCUT2D eigenvalue weighted by Crippen LogP contribution is -2.33. The molecule has 0 aromatic heterocycles. The van der Waals surface area contributed by atoms with Gasteiger partial charge in [0, 0.05) is 31.8 Å². The minimum atomic E-state index is 0.800. The quantitative estimate of drug-likeness (QED) is 0.423. The molecule has 2 aliphatic rings. The van der Waals surface area contributed by atoms with Crippen LogP contribution < -0.4 is 4.74 Å². The van der Waals surface area contributed by atoms with Crippen molar-refractivity contribution in [3.05, 3.63) is 59.2 Å². The van der Waals surface area contributed by atoms with Gasteiger partial charge in [0.2, 0.25) is 0 Å². The van der Waals surface area contributed by atoms with Gasteiger partial charge in [-0.25, -0.2) is 0 Å². The molecule has 0 saturated heterocycles. The Morgan fingerprint density at radius 2 is 1.83 bits per heavy atom. The van der Waals surface area contributed by atoms with E-state index in [1.807, 2.05) is 0 Å². The molecule has 0 unspecified atom stereocenters. The first-order valence-electron chi connectivity index (χ1n) is 11.8. The van der Waals surface area contributed by atoms with Gasteiger partial charge < -0.3 is 4.74 Å². The van der Waals surface area contributed by atoms with Gasteiger partial charge in [-0.3, -0.25) is 9.89 Å². The predicted molar refractivity (Wildman–Crippen MR) is 126 cm³/mol. The monoisotopic (exact) mass is 404 g/mol. The SMILES string of the molecule is CCCCOc1ccc2c(c1)CC(CN(Cc1ccc(C)cc1)CC1CCCC1)=N2. The van der Waals surface area contributed by atoms with Gasteiger partial charge in [-0.05, 0) is 61.4 Å². The average Bonchev–Trinajstić information content (AvgIpc) is 3.39. The molecule has 1 aliphatic carbocycles. The molecule has 0 atom stereocenters. The number of hydrogen-bond acceptors (Lipinski definition) is 3. The average molecular weight is 405 g/mol. The molecule has 4 rings (SSSR count). The maximum atomic E-state index is 5.90. The second kappa shape index (κ2) is 10.3. The van der Waals surface area contributed by atoms with E-state index in [2.05, 4.69) is 61.2 Å². The van der Waals surface area contributed by atoms with Gasteiger partial charge in [0.1, 0.15) is 5.75 Å². The molecule has 1 heterocycles. The summed E-state index contributed by atoms with van der Waals surface area (Å²) in [4.78, 5) is 7.61. The van der Waals surface area contributed by atoms with Gasteiger partial charge in [-0.15, -0.1) is 0 Å². The summed E-state index contributed by atoms with van der Waals surface area (Å²) in [6.07, 6.45) is 8.79. The molecule has 1 aliphatic heterocycles. The minimum absolute atomic E-state index is 0.800. The van der Waals surface area contributed by atoms with Gasteiger partial charge in [0.05, 0.1) is 12.3 Å². The number of aryl methyl sites for hydroxylation is 1. The van der Waals surface area contributed by atoms with Gasteiger partial charge in [-0.2, -0.15) is 0 Å². The fourth-order valence-electron chi connectivity index (χ4n) is 4.71. The minimum Gasteiger partial charge on any atom is -0.494 e. The first kappa shape index (κ1) is 21.1. The summed E-state index contributed by atoms with van der Waals surface area (Å²) in [6.45, 7) is 8.32. The van der Waals surface area contributed by atoms with E-state index >= 15 is 0 Å². The third kappa shape index (κ3) is 5.72. The Labute approximate surface area is 182 Å². The van der Waals surface area contributed by atoms with Crippen LogP contribution in [0.25, 0.3) is 0 Å². The number of unbranched alkanes of at least 4 members (excludes halogenated alkanes) is 1. The Hall–Kier alpha value is -2.13. The lowest BCUT2D eigenvalue weighted by molar-refractivity contribution is 0.252. The second-order valence-electron chi connectivity index (χ2n) is 9.15. The topological polar surface area (TPSA) is 24.8 Å². The number of aliphatic imine (C=N–C) groups is 1. The van der Waals surface area contributed by atoms with Crippen LogP contribution in [0, 0.1) is 12.8 Å². The molecule has 0 bridgehead atoms. The molecule has 1 saturated carbocycles. The Morgan fingerprint density at radius 1 is 1.03 bits per heavy atom.